The Hall–Kier alpha value is -6.25. The minimum atomic E-state index is -1.42. The molecular formula is C44H54N2O13. The SMILES string of the molecule is C=CC(C1=CC(=O)C(OC)=CC1=O)c1ccc(OC)cc1.CCCCCC1C(=O)OC(C)C(NC(=O)c2cccc(NC=O)c2O)C(=O)OC(C)C1OC(=O)CC(C)C. The maximum atomic E-state index is 13.3. The first kappa shape index (κ1) is 47.1. The van der Waals surface area contributed by atoms with Gasteiger partial charge in [-0.25, -0.2) is 4.79 Å². The highest BCUT2D eigenvalue weighted by Crippen LogP contribution is 2.32. The van der Waals surface area contributed by atoms with Gasteiger partial charge in [-0.1, -0.05) is 64.3 Å². The number of allylic oxidation sites excluding steroid dienone is 4. The second kappa shape index (κ2) is 22.6. The summed E-state index contributed by atoms with van der Waals surface area (Å²) < 4.78 is 26.9. The molecule has 1 fully saturated rings. The quantitative estimate of drug-likeness (QED) is 0.0356. The van der Waals surface area contributed by atoms with Crippen molar-refractivity contribution in [3.05, 3.63) is 89.7 Å². The molecule has 0 spiro atoms. The van der Waals surface area contributed by atoms with E-state index >= 15 is 0 Å². The van der Waals surface area contributed by atoms with E-state index in [2.05, 4.69) is 17.2 Å². The number of ether oxygens (including phenoxy) is 5. The average molecular weight is 819 g/mol. The number of nitrogens with one attached hydrogen (secondary N) is 2. The first-order valence-corrected chi connectivity index (χ1v) is 19.4. The van der Waals surface area contributed by atoms with Gasteiger partial charge in [0.15, 0.2) is 29.4 Å². The lowest BCUT2D eigenvalue weighted by Gasteiger charge is -2.29. The number of cyclic esters (lactones) is 2. The van der Waals surface area contributed by atoms with Crippen molar-refractivity contribution >= 4 is 47.5 Å². The van der Waals surface area contributed by atoms with Crippen LogP contribution in [-0.2, 0) is 47.7 Å². The number of benzene rings is 2. The van der Waals surface area contributed by atoms with E-state index in [1.54, 1.807) is 25.3 Å². The van der Waals surface area contributed by atoms with Crippen molar-refractivity contribution in [3.63, 3.8) is 0 Å². The topological polar surface area (TPSA) is 210 Å². The molecular weight excluding hydrogens is 764 g/mol. The number of amides is 2. The Kier molecular flexibility index (Phi) is 18.1. The molecule has 2 aliphatic rings. The van der Waals surface area contributed by atoms with Crippen LogP contribution in [0.2, 0.25) is 0 Å². The van der Waals surface area contributed by atoms with Crippen LogP contribution in [0.25, 0.3) is 0 Å². The molecule has 1 aliphatic heterocycles. The van der Waals surface area contributed by atoms with Crippen LogP contribution in [0.1, 0.15) is 88.6 Å². The molecule has 15 heteroatoms. The molecule has 2 amide bonds. The Morgan fingerprint density at radius 2 is 1.59 bits per heavy atom. The predicted octanol–water partition coefficient (Wildman–Crippen LogP) is 5.66. The summed E-state index contributed by atoms with van der Waals surface area (Å²) in [7, 11) is 2.95. The van der Waals surface area contributed by atoms with Gasteiger partial charge in [0.2, 0.25) is 12.2 Å². The molecule has 4 rings (SSSR count). The summed E-state index contributed by atoms with van der Waals surface area (Å²) >= 11 is 0. The number of hydrogen-bond donors (Lipinski definition) is 3. The molecule has 1 aliphatic carbocycles. The summed E-state index contributed by atoms with van der Waals surface area (Å²) in [6, 6.07) is 10.0. The third kappa shape index (κ3) is 12.9. The number of carbonyl (C=O) groups is 7. The van der Waals surface area contributed by atoms with E-state index < -0.39 is 59.8 Å². The number of hydrogen-bond acceptors (Lipinski definition) is 13. The molecule has 1 saturated heterocycles. The van der Waals surface area contributed by atoms with Crippen molar-refractivity contribution in [2.75, 3.05) is 19.5 Å². The van der Waals surface area contributed by atoms with Gasteiger partial charge in [-0.2, -0.15) is 0 Å². The number of phenols is 1. The summed E-state index contributed by atoms with van der Waals surface area (Å²) in [5, 5.41) is 15.1. The Bertz CT molecular complexity index is 1920. The number of methoxy groups -OCH3 is 2. The van der Waals surface area contributed by atoms with Gasteiger partial charge < -0.3 is 39.4 Å². The highest BCUT2D eigenvalue weighted by Gasteiger charge is 2.44. The lowest BCUT2D eigenvalue weighted by molar-refractivity contribution is -0.175. The molecule has 0 saturated carbocycles. The molecule has 0 aromatic heterocycles. The van der Waals surface area contributed by atoms with Crippen LogP contribution in [0, 0.1) is 11.8 Å². The highest BCUT2D eigenvalue weighted by molar-refractivity contribution is 6.19. The summed E-state index contributed by atoms with van der Waals surface area (Å²) in [5.41, 5.74) is 1.04. The number of esters is 3. The molecule has 1 heterocycles. The largest absolute Gasteiger partial charge is 0.505 e. The summed E-state index contributed by atoms with van der Waals surface area (Å²) in [6.45, 7) is 12.5. The Balaban J connectivity index is 0.000000372. The van der Waals surface area contributed by atoms with Crippen LogP contribution < -0.4 is 15.4 Å². The molecule has 15 nitrogen and oxygen atoms in total. The molecule has 0 radical (unpaired) electrons. The Labute approximate surface area is 344 Å². The fourth-order valence-electron chi connectivity index (χ4n) is 6.44. The van der Waals surface area contributed by atoms with Crippen molar-refractivity contribution in [2.24, 2.45) is 11.8 Å². The smallest absolute Gasteiger partial charge is 0.332 e. The number of phenolic OH excluding ortho intramolecular Hbond substituents is 1. The van der Waals surface area contributed by atoms with Gasteiger partial charge in [0, 0.05) is 24.0 Å². The van der Waals surface area contributed by atoms with E-state index in [4.69, 9.17) is 23.7 Å². The number of aromatic hydroxyl groups is 1. The van der Waals surface area contributed by atoms with Gasteiger partial charge >= 0.3 is 17.9 Å². The number of ketones is 2. The maximum Gasteiger partial charge on any atom is 0.332 e. The van der Waals surface area contributed by atoms with E-state index in [0.29, 0.717) is 24.8 Å². The van der Waals surface area contributed by atoms with Gasteiger partial charge in [0.1, 0.15) is 18.0 Å². The minimum Gasteiger partial charge on any atom is -0.505 e. The number of anilines is 1. The van der Waals surface area contributed by atoms with Crippen LogP contribution in [-0.4, -0.2) is 85.5 Å². The first-order valence-electron chi connectivity index (χ1n) is 19.4. The number of para-hydroxylation sites is 1. The molecule has 0 bridgehead atoms. The van der Waals surface area contributed by atoms with Crippen molar-refractivity contribution in [1.82, 2.24) is 5.32 Å². The minimum absolute atomic E-state index is 0.00114. The zero-order valence-electron chi connectivity index (χ0n) is 34.5. The van der Waals surface area contributed by atoms with Crippen LogP contribution in [0.5, 0.6) is 11.5 Å². The third-order valence-electron chi connectivity index (χ3n) is 9.57. The average Bonchev–Trinajstić information content (AvgIpc) is 3.22. The fourth-order valence-corrected chi connectivity index (χ4v) is 6.44. The number of rotatable bonds is 16. The molecule has 2 aromatic rings. The van der Waals surface area contributed by atoms with E-state index in [9.17, 15) is 38.7 Å². The van der Waals surface area contributed by atoms with E-state index in [1.165, 1.54) is 51.3 Å². The van der Waals surface area contributed by atoms with Crippen LogP contribution in [0.4, 0.5) is 5.69 Å². The van der Waals surface area contributed by atoms with Gasteiger partial charge in [-0.05, 0) is 62.1 Å². The van der Waals surface area contributed by atoms with Crippen molar-refractivity contribution < 1.29 is 62.4 Å². The summed E-state index contributed by atoms with van der Waals surface area (Å²) in [6.07, 6.45) is 4.24. The standard InChI is InChI=1S/C27H38N2O9.C17H16O4/c1-6-7-8-10-19-24(38-21(31)13-15(2)3)17(5)37-27(35)22(16(4)36-26(19)34)29-25(33)18-11-9-12-20(23(18)32)28-14-30;1-4-13(11-5-7-12(20-2)8-6-11)14-9-16(19)17(21-3)10-15(14)18/h9,11-12,14-17,19,22,24,32H,6-8,10,13H2,1-5H3,(H,28,30)(H,29,33);4-10,13H,1H2,2-3H3. The van der Waals surface area contributed by atoms with Gasteiger partial charge in [0.05, 0.1) is 31.4 Å². The molecule has 6 atom stereocenters. The fraction of sp³-hybridized carbons (Fsp3) is 0.432. The van der Waals surface area contributed by atoms with Gasteiger partial charge in [-0.15, -0.1) is 6.58 Å². The summed E-state index contributed by atoms with van der Waals surface area (Å²) in [4.78, 5) is 86.7. The molecule has 318 valence electrons. The van der Waals surface area contributed by atoms with E-state index in [1.807, 2.05) is 32.9 Å². The maximum absolute atomic E-state index is 13.3. The lowest BCUT2D eigenvalue weighted by atomic mass is 9.85. The van der Waals surface area contributed by atoms with Crippen molar-refractivity contribution in [1.29, 1.82) is 0 Å². The second-order valence-corrected chi connectivity index (χ2v) is 14.4. The lowest BCUT2D eigenvalue weighted by Crippen LogP contribution is -2.50. The molecule has 3 N–H and O–H groups in total. The van der Waals surface area contributed by atoms with Crippen LogP contribution in [0.15, 0.2) is 78.6 Å². The van der Waals surface area contributed by atoms with Crippen molar-refractivity contribution in [3.8, 4) is 11.5 Å². The van der Waals surface area contributed by atoms with Crippen molar-refractivity contribution in [2.45, 2.75) is 97.0 Å². The van der Waals surface area contributed by atoms with Gasteiger partial charge in [0.25, 0.3) is 5.91 Å². The van der Waals surface area contributed by atoms with Gasteiger partial charge in [-0.3, -0.25) is 28.8 Å². The number of carbonyl (C=O) groups excluding carboxylic acids is 7. The normalized spacial score (nSPS) is 21.0. The number of unbranched alkanes of at least 4 members (excludes halogenated alkanes) is 2. The molecule has 2 aromatic carbocycles. The predicted molar refractivity (Wildman–Crippen MR) is 216 cm³/mol. The third-order valence-corrected chi connectivity index (χ3v) is 9.57. The monoisotopic (exact) mass is 818 g/mol. The second-order valence-electron chi connectivity index (χ2n) is 14.4. The Morgan fingerprint density at radius 3 is 2.19 bits per heavy atom. The highest BCUT2D eigenvalue weighted by atomic mass is 16.6. The Morgan fingerprint density at radius 1 is 0.915 bits per heavy atom. The van der Waals surface area contributed by atoms with Crippen LogP contribution in [0.3, 0.4) is 0 Å². The van der Waals surface area contributed by atoms with E-state index in [-0.39, 0.29) is 46.8 Å². The molecule has 59 heavy (non-hydrogen) atoms. The van der Waals surface area contributed by atoms with Crippen LogP contribution >= 0.6 is 0 Å². The zero-order valence-corrected chi connectivity index (χ0v) is 34.5. The zero-order chi connectivity index (χ0) is 43.8. The first-order chi connectivity index (χ1) is 28.1. The molecule has 6 unspecified atom stereocenters. The summed E-state index contributed by atoms with van der Waals surface area (Å²) in [5.74, 6) is -4.39. The van der Waals surface area contributed by atoms with E-state index in [0.717, 1.165) is 24.2 Å².